The molecule has 0 bridgehead atoms. The summed E-state index contributed by atoms with van der Waals surface area (Å²) in [6.07, 6.45) is -0.842. The predicted octanol–water partition coefficient (Wildman–Crippen LogP) is -5.23. The first kappa shape index (κ1) is 16.8. The fourth-order valence-electron chi connectivity index (χ4n) is 1.09. The van der Waals surface area contributed by atoms with Gasteiger partial charge < -0.3 is 31.9 Å². The maximum Gasteiger partial charge on any atom is 0.291 e. The lowest BCUT2D eigenvalue weighted by molar-refractivity contribution is -0.139. The maximum atomic E-state index is 11.9. The summed E-state index contributed by atoms with van der Waals surface area (Å²) in [6.45, 7) is 0. The van der Waals surface area contributed by atoms with Gasteiger partial charge in [0.25, 0.3) is 11.7 Å². The Morgan fingerprint density at radius 3 is 1.45 bits per heavy atom. The van der Waals surface area contributed by atoms with E-state index in [9.17, 15) is 28.8 Å². The molecule has 20 heavy (non-hydrogen) atoms. The highest BCUT2D eigenvalue weighted by Gasteiger charge is 2.38. The van der Waals surface area contributed by atoms with Crippen LogP contribution in [0.15, 0.2) is 0 Å². The molecular weight excluding hydrogens is 276 g/mol. The van der Waals surface area contributed by atoms with Gasteiger partial charge in [0.05, 0.1) is 0 Å². The van der Waals surface area contributed by atoms with Crippen molar-refractivity contribution in [1.29, 1.82) is 0 Å². The van der Waals surface area contributed by atoms with Crippen molar-refractivity contribution in [3.63, 3.8) is 0 Å². The molecule has 0 aromatic rings. The van der Waals surface area contributed by atoms with Crippen molar-refractivity contribution in [2.24, 2.45) is 0 Å². The van der Waals surface area contributed by atoms with Crippen LogP contribution in [-0.2, 0) is 28.8 Å². The smallest absolute Gasteiger partial charge is 0.291 e. The topological polar surface area (TPSA) is 175 Å². The van der Waals surface area contributed by atoms with Gasteiger partial charge in [-0.25, -0.2) is 0 Å². The van der Waals surface area contributed by atoms with Gasteiger partial charge in [0.2, 0.25) is 32.1 Å². The van der Waals surface area contributed by atoms with E-state index in [1.165, 1.54) is 0 Å². The SMILES string of the molecule is O=CNC(NC=O)NC(=O)C(NC=O)(NC=O)NC=O. The normalized spacial score (nSPS) is 9.65. The Labute approximate surface area is 112 Å². The van der Waals surface area contributed by atoms with Crippen LogP contribution >= 0.6 is 0 Å². The summed E-state index contributed by atoms with van der Waals surface area (Å²) in [6, 6.07) is 0. The molecule has 0 saturated heterocycles. The van der Waals surface area contributed by atoms with Crippen LogP contribution in [0.3, 0.4) is 0 Å². The Balaban J connectivity index is 5.11. The van der Waals surface area contributed by atoms with E-state index in [2.05, 4.69) is 0 Å². The molecule has 0 aromatic heterocycles. The summed E-state index contributed by atoms with van der Waals surface area (Å²) in [5.41, 5.74) is 0. The first-order chi connectivity index (χ1) is 9.60. The highest BCUT2D eigenvalue weighted by Crippen LogP contribution is 1.93. The molecule has 0 spiro atoms. The van der Waals surface area contributed by atoms with E-state index in [0.717, 1.165) is 0 Å². The van der Waals surface area contributed by atoms with Gasteiger partial charge in [-0.05, 0) is 0 Å². The van der Waals surface area contributed by atoms with Gasteiger partial charge in [-0.3, -0.25) is 28.8 Å². The Kier molecular flexibility index (Phi) is 7.44. The van der Waals surface area contributed by atoms with E-state index in [4.69, 9.17) is 0 Å². The minimum atomic E-state index is -2.28. The molecule has 0 radical (unpaired) electrons. The molecule has 0 rings (SSSR count). The number of carbonyl (C=O) groups is 6. The molecular formula is C8H12N6O6. The molecule has 0 atom stereocenters. The van der Waals surface area contributed by atoms with E-state index >= 15 is 0 Å². The molecule has 6 N–H and O–H groups in total. The number of amides is 6. The monoisotopic (exact) mass is 288 g/mol. The summed E-state index contributed by atoms with van der Waals surface area (Å²) >= 11 is 0. The minimum Gasteiger partial charge on any atom is -0.321 e. The second-order valence-corrected chi connectivity index (χ2v) is 3.01. The van der Waals surface area contributed by atoms with E-state index in [1.807, 2.05) is 31.9 Å². The molecule has 0 aliphatic heterocycles. The molecule has 12 nitrogen and oxygen atoms in total. The van der Waals surface area contributed by atoms with Crippen LogP contribution in [0, 0.1) is 0 Å². The molecule has 0 fully saturated rings. The van der Waals surface area contributed by atoms with Crippen molar-refractivity contribution in [2.45, 2.75) is 12.1 Å². The van der Waals surface area contributed by atoms with Crippen molar-refractivity contribution in [3.05, 3.63) is 0 Å². The van der Waals surface area contributed by atoms with Gasteiger partial charge in [0, 0.05) is 0 Å². The molecule has 12 heteroatoms. The summed E-state index contributed by atoms with van der Waals surface area (Å²) in [7, 11) is 0. The lowest BCUT2D eigenvalue weighted by Gasteiger charge is -2.31. The van der Waals surface area contributed by atoms with Gasteiger partial charge in [0.1, 0.15) is 0 Å². The predicted molar refractivity (Wildman–Crippen MR) is 60.7 cm³/mol. The second kappa shape index (κ2) is 8.84. The third-order valence-corrected chi connectivity index (χ3v) is 1.91. The lowest BCUT2D eigenvalue weighted by Crippen LogP contribution is -2.75. The van der Waals surface area contributed by atoms with E-state index < -0.39 is 18.0 Å². The standard InChI is InChI=1S/C8H12N6O6/c15-1-9-7(10-2-16)14-6(20)8(11-3-17,12-4-18)13-5-19/h1-5,7H,(H,9,15)(H,10,16)(H,11,17)(H,12,18)(H,13,19)(H,14,20). The van der Waals surface area contributed by atoms with Gasteiger partial charge in [0.15, 0.2) is 6.29 Å². The van der Waals surface area contributed by atoms with Gasteiger partial charge in [-0.2, -0.15) is 0 Å². The van der Waals surface area contributed by atoms with Crippen molar-refractivity contribution in [1.82, 2.24) is 31.9 Å². The van der Waals surface area contributed by atoms with Crippen LogP contribution in [0.2, 0.25) is 0 Å². The maximum absolute atomic E-state index is 11.9. The number of carbonyl (C=O) groups excluding carboxylic acids is 6. The van der Waals surface area contributed by atoms with Crippen LogP contribution in [0.5, 0.6) is 0 Å². The number of rotatable bonds is 12. The number of hydrogen-bond acceptors (Lipinski definition) is 6. The number of hydrogen-bond donors (Lipinski definition) is 6. The Morgan fingerprint density at radius 2 is 1.15 bits per heavy atom. The average Bonchev–Trinajstić information content (AvgIpc) is 2.40. The molecule has 0 saturated carbocycles. The van der Waals surface area contributed by atoms with Crippen LogP contribution in [0.4, 0.5) is 0 Å². The zero-order chi connectivity index (χ0) is 15.4. The van der Waals surface area contributed by atoms with Crippen LogP contribution in [0.25, 0.3) is 0 Å². The number of nitrogens with one attached hydrogen (secondary N) is 6. The highest BCUT2D eigenvalue weighted by molar-refractivity contribution is 5.91. The second-order valence-electron chi connectivity index (χ2n) is 3.01. The molecule has 0 aromatic carbocycles. The molecule has 0 heterocycles. The van der Waals surface area contributed by atoms with Crippen LogP contribution in [0.1, 0.15) is 0 Å². The Hall–Kier alpha value is -3.18. The Morgan fingerprint density at radius 1 is 0.750 bits per heavy atom. The lowest BCUT2D eigenvalue weighted by atomic mass is 10.3. The van der Waals surface area contributed by atoms with Crippen molar-refractivity contribution in [3.8, 4) is 0 Å². The quantitative estimate of drug-likeness (QED) is 0.154. The summed E-state index contributed by atoms with van der Waals surface area (Å²) < 4.78 is 0. The van der Waals surface area contributed by atoms with Crippen LogP contribution < -0.4 is 31.9 Å². The Bertz CT molecular complexity index is 351. The molecule has 0 aliphatic rings. The van der Waals surface area contributed by atoms with Crippen molar-refractivity contribution < 1.29 is 28.8 Å². The highest BCUT2D eigenvalue weighted by atomic mass is 16.2. The van der Waals surface area contributed by atoms with E-state index in [-0.39, 0.29) is 32.1 Å². The zero-order valence-corrected chi connectivity index (χ0v) is 9.91. The fraction of sp³-hybridized carbons (Fsp3) is 0.250. The molecule has 110 valence electrons. The third kappa shape index (κ3) is 4.59. The van der Waals surface area contributed by atoms with Crippen LogP contribution in [-0.4, -0.2) is 50.0 Å². The molecule has 0 aliphatic carbocycles. The van der Waals surface area contributed by atoms with Gasteiger partial charge >= 0.3 is 0 Å². The molecule has 6 amide bonds. The van der Waals surface area contributed by atoms with Crippen molar-refractivity contribution >= 4 is 38.0 Å². The van der Waals surface area contributed by atoms with Crippen molar-refractivity contribution in [2.75, 3.05) is 0 Å². The van der Waals surface area contributed by atoms with E-state index in [1.54, 1.807) is 0 Å². The van der Waals surface area contributed by atoms with E-state index in [0.29, 0.717) is 0 Å². The van der Waals surface area contributed by atoms with Gasteiger partial charge in [-0.1, -0.05) is 0 Å². The largest absolute Gasteiger partial charge is 0.321 e. The fourth-order valence-corrected chi connectivity index (χ4v) is 1.09. The van der Waals surface area contributed by atoms with Gasteiger partial charge in [-0.15, -0.1) is 0 Å². The zero-order valence-electron chi connectivity index (χ0n) is 9.91. The first-order valence-electron chi connectivity index (χ1n) is 4.94. The average molecular weight is 288 g/mol. The third-order valence-electron chi connectivity index (χ3n) is 1.91. The summed E-state index contributed by atoms with van der Waals surface area (Å²) in [5.74, 6) is -3.42. The summed E-state index contributed by atoms with van der Waals surface area (Å²) in [4.78, 5) is 63.8. The summed E-state index contributed by atoms with van der Waals surface area (Å²) in [5, 5.41) is 11.7. The minimum absolute atomic E-state index is 0.0435. The molecule has 0 unspecified atom stereocenters. The first-order valence-corrected chi connectivity index (χ1v) is 4.94.